The summed E-state index contributed by atoms with van der Waals surface area (Å²) in [6.07, 6.45) is 2.62. The molecule has 1 aliphatic rings. The summed E-state index contributed by atoms with van der Waals surface area (Å²) in [5, 5.41) is 0.106. The first-order chi connectivity index (χ1) is 6.58. The van der Waals surface area contributed by atoms with Crippen molar-refractivity contribution < 1.29 is 13.5 Å². The molecule has 76 valence electrons. The molecule has 0 aliphatic heterocycles. The molecule has 3 nitrogen and oxygen atoms in total. The standard InChI is InChI=1S/C8H7ClF2N2O/c9-7-12-2-6(3-13-7)14-4-5-1-8(5,10)11/h2-3,5H,1,4H2. The van der Waals surface area contributed by atoms with E-state index in [0.29, 0.717) is 5.75 Å². The Balaban J connectivity index is 1.84. The summed E-state index contributed by atoms with van der Waals surface area (Å²) < 4.78 is 29.9. The lowest BCUT2D eigenvalue weighted by molar-refractivity contribution is 0.0855. The molecular weight excluding hydrogens is 214 g/mol. The van der Waals surface area contributed by atoms with E-state index in [4.69, 9.17) is 16.3 Å². The third-order valence-electron chi connectivity index (χ3n) is 2.00. The van der Waals surface area contributed by atoms with Crippen LogP contribution in [0.15, 0.2) is 12.4 Å². The minimum absolute atomic E-state index is 0.00199. The van der Waals surface area contributed by atoms with E-state index in [2.05, 4.69) is 9.97 Å². The molecule has 1 saturated carbocycles. The Bertz CT molecular complexity index is 331. The average Bonchev–Trinajstić information content (AvgIpc) is 2.73. The fraction of sp³-hybridized carbons (Fsp3) is 0.500. The highest BCUT2D eigenvalue weighted by Gasteiger charge is 2.57. The molecule has 0 aromatic carbocycles. The number of hydrogen-bond acceptors (Lipinski definition) is 3. The molecule has 1 aromatic heterocycles. The molecular formula is C8H7ClF2N2O. The van der Waals surface area contributed by atoms with Gasteiger partial charge in [0.25, 0.3) is 5.92 Å². The second kappa shape index (κ2) is 3.31. The second-order valence-corrected chi connectivity index (χ2v) is 3.50. The SMILES string of the molecule is FC1(F)CC1COc1cnc(Cl)nc1. The molecule has 0 radical (unpaired) electrons. The first-order valence-corrected chi connectivity index (χ1v) is 4.44. The number of alkyl halides is 2. The van der Waals surface area contributed by atoms with E-state index in [1.165, 1.54) is 12.4 Å². The number of nitrogens with zero attached hydrogens (tertiary/aromatic N) is 2. The van der Waals surface area contributed by atoms with Crippen molar-refractivity contribution in [3.63, 3.8) is 0 Å². The molecule has 0 amide bonds. The molecule has 1 fully saturated rings. The van der Waals surface area contributed by atoms with Crippen molar-refractivity contribution in [2.24, 2.45) is 5.92 Å². The zero-order valence-corrected chi connectivity index (χ0v) is 7.84. The molecule has 0 N–H and O–H groups in total. The lowest BCUT2D eigenvalue weighted by Gasteiger charge is -2.03. The van der Waals surface area contributed by atoms with Crippen LogP contribution in [0.4, 0.5) is 8.78 Å². The summed E-state index contributed by atoms with van der Waals surface area (Å²) in [7, 11) is 0. The number of rotatable bonds is 3. The minimum Gasteiger partial charge on any atom is -0.490 e. The smallest absolute Gasteiger partial charge is 0.255 e. The maximum Gasteiger partial charge on any atom is 0.255 e. The number of hydrogen-bond donors (Lipinski definition) is 0. The fourth-order valence-electron chi connectivity index (χ4n) is 1.02. The maximum atomic E-state index is 12.4. The lowest BCUT2D eigenvalue weighted by Crippen LogP contribution is -2.05. The molecule has 0 bridgehead atoms. The Morgan fingerprint density at radius 1 is 1.50 bits per heavy atom. The Hall–Kier alpha value is -0.970. The molecule has 6 heteroatoms. The van der Waals surface area contributed by atoms with E-state index in [-0.39, 0.29) is 18.3 Å². The Morgan fingerprint density at radius 3 is 2.57 bits per heavy atom. The zero-order chi connectivity index (χ0) is 10.2. The summed E-state index contributed by atoms with van der Waals surface area (Å²) in [6, 6.07) is 0. The summed E-state index contributed by atoms with van der Waals surface area (Å²) in [6.45, 7) is -0.00199. The van der Waals surface area contributed by atoms with Crippen LogP contribution >= 0.6 is 11.6 Å². The van der Waals surface area contributed by atoms with E-state index in [0.717, 1.165) is 0 Å². The summed E-state index contributed by atoms with van der Waals surface area (Å²) in [4.78, 5) is 7.31. The summed E-state index contributed by atoms with van der Waals surface area (Å²) >= 11 is 5.43. The van der Waals surface area contributed by atoms with Crippen LogP contribution in [-0.4, -0.2) is 22.5 Å². The van der Waals surface area contributed by atoms with Gasteiger partial charge in [0.15, 0.2) is 5.75 Å². The van der Waals surface area contributed by atoms with E-state index < -0.39 is 11.8 Å². The van der Waals surface area contributed by atoms with Gasteiger partial charge in [-0.3, -0.25) is 0 Å². The van der Waals surface area contributed by atoms with E-state index >= 15 is 0 Å². The van der Waals surface area contributed by atoms with Crippen LogP contribution in [0, 0.1) is 5.92 Å². The Morgan fingerprint density at radius 2 is 2.07 bits per heavy atom. The molecule has 1 heterocycles. The van der Waals surface area contributed by atoms with Crippen LogP contribution in [0.25, 0.3) is 0 Å². The highest BCUT2D eigenvalue weighted by Crippen LogP contribution is 2.48. The highest BCUT2D eigenvalue weighted by molar-refractivity contribution is 6.28. The van der Waals surface area contributed by atoms with Gasteiger partial charge in [0.05, 0.1) is 24.9 Å². The van der Waals surface area contributed by atoms with Crippen LogP contribution in [-0.2, 0) is 0 Å². The van der Waals surface area contributed by atoms with Gasteiger partial charge in [-0.05, 0) is 11.6 Å². The first-order valence-electron chi connectivity index (χ1n) is 4.06. The molecule has 2 rings (SSSR count). The third kappa shape index (κ3) is 2.09. The van der Waals surface area contributed by atoms with Crippen molar-refractivity contribution in [1.29, 1.82) is 0 Å². The second-order valence-electron chi connectivity index (χ2n) is 3.16. The number of aromatic nitrogens is 2. The largest absolute Gasteiger partial charge is 0.490 e. The normalized spacial score (nSPS) is 23.2. The highest BCUT2D eigenvalue weighted by atomic mass is 35.5. The van der Waals surface area contributed by atoms with Crippen molar-refractivity contribution in [2.45, 2.75) is 12.3 Å². The van der Waals surface area contributed by atoms with Crippen LogP contribution in [0.3, 0.4) is 0 Å². The quantitative estimate of drug-likeness (QED) is 0.733. The van der Waals surface area contributed by atoms with Crippen molar-refractivity contribution in [3.8, 4) is 5.75 Å². The fourth-order valence-corrected chi connectivity index (χ4v) is 1.12. The monoisotopic (exact) mass is 220 g/mol. The Kier molecular flexibility index (Phi) is 2.26. The van der Waals surface area contributed by atoms with E-state index in [1.54, 1.807) is 0 Å². The summed E-state index contributed by atoms with van der Waals surface area (Å²) in [5.41, 5.74) is 0. The van der Waals surface area contributed by atoms with Gasteiger partial charge in [-0.25, -0.2) is 18.7 Å². The van der Waals surface area contributed by atoms with Crippen molar-refractivity contribution in [2.75, 3.05) is 6.61 Å². The zero-order valence-electron chi connectivity index (χ0n) is 7.08. The van der Waals surface area contributed by atoms with Crippen molar-refractivity contribution in [1.82, 2.24) is 9.97 Å². The minimum atomic E-state index is -2.55. The van der Waals surface area contributed by atoms with Gasteiger partial charge in [-0.2, -0.15) is 0 Å². The third-order valence-corrected chi connectivity index (χ3v) is 2.20. The predicted octanol–water partition coefficient (Wildman–Crippen LogP) is 2.16. The average molecular weight is 221 g/mol. The topological polar surface area (TPSA) is 35.0 Å². The molecule has 1 aromatic rings. The lowest BCUT2D eigenvalue weighted by atomic mass is 10.4. The van der Waals surface area contributed by atoms with Crippen molar-refractivity contribution in [3.05, 3.63) is 17.7 Å². The first kappa shape index (κ1) is 9.58. The predicted molar refractivity (Wildman–Crippen MR) is 45.6 cm³/mol. The van der Waals surface area contributed by atoms with Gasteiger partial charge in [0, 0.05) is 6.42 Å². The van der Waals surface area contributed by atoms with Crippen LogP contribution < -0.4 is 4.74 Å². The van der Waals surface area contributed by atoms with Crippen molar-refractivity contribution >= 4 is 11.6 Å². The maximum absolute atomic E-state index is 12.4. The molecule has 0 spiro atoms. The molecule has 1 atom stereocenters. The van der Waals surface area contributed by atoms with E-state index in [1.807, 2.05) is 0 Å². The van der Waals surface area contributed by atoms with Gasteiger partial charge in [-0.15, -0.1) is 0 Å². The summed E-state index contributed by atoms with van der Waals surface area (Å²) in [5.74, 6) is -2.86. The van der Waals surface area contributed by atoms with Gasteiger partial charge in [0.2, 0.25) is 5.28 Å². The number of ether oxygens (including phenoxy) is 1. The van der Waals surface area contributed by atoms with Gasteiger partial charge >= 0.3 is 0 Å². The molecule has 0 saturated heterocycles. The molecule has 1 unspecified atom stereocenters. The van der Waals surface area contributed by atoms with E-state index in [9.17, 15) is 8.78 Å². The molecule has 14 heavy (non-hydrogen) atoms. The van der Waals surface area contributed by atoms with Crippen LogP contribution in [0.1, 0.15) is 6.42 Å². The van der Waals surface area contributed by atoms with Crippen LogP contribution in [0.2, 0.25) is 5.28 Å². The van der Waals surface area contributed by atoms with Gasteiger partial charge in [-0.1, -0.05) is 0 Å². The molecule has 1 aliphatic carbocycles. The van der Waals surface area contributed by atoms with Gasteiger partial charge in [0.1, 0.15) is 0 Å². The Labute approximate surface area is 84.1 Å². The van der Waals surface area contributed by atoms with Crippen LogP contribution in [0.5, 0.6) is 5.75 Å². The van der Waals surface area contributed by atoms with Gasteiger partial charge < -0.3 is 4.74 Å². The number of halogens is 3.